The van der Waals surface area contributed by atoms with E-state index in [0.29, 0.717) is 16.0 Å². The minimum atomic E-state index is -0.351. The van der Waals surface area contributed by atoms with Crippen LogP contribution in [0.15, 0.2) is 76.3 Å². The third-order valence-corrected chi connectivity index (χ3v) is 9.64. The molecule has 2 aliphatic rings. The molecule has 1 aromatic heterocycles. The topological polar surface area (TPSA) is 102 Å². The number of carbonyl (C=O) groups excluding carboxylic acids is 1. The molecule has 4 aromatic rings. The van der Waals surface area contributed by atoms with Crippen LogP contribution in [0.25, 0.3) is 12.2 Å². The highest BCUT2D eigenvalue weighted by Crippen LogP contribution is 2.41. The number of piperidine rings is 1. The SMILES string of the molecule is COc1cc2c(cc1OC)C(C1CC[N+](C)(C(=O)c3ccc(C=c4[nH]c(=O)c(=Cc5ccccc5)n(C)c4=O)cc3)CC1)NCC2. The number of rotatable bonds is 6. The molecule has 0 radical (unpaired) electrons. The smallest absolute Gasteiger partial charge is 0.345 e. The van der Waals surface area contributed by atoms with Crippen LogP contribution >= 0.6 is 0 Å². The Balaban J connectivity index is 1.17. The molecule has 6 rings (SSSR count). The Morgan fingerprint density at radius 3 is 2.24 bits per heavy atom. The first kappa shape index (κ1) is 31.3. The average Bonchev–Trinajstić information content (AvgIpc) is 3.09. The second-order valence-electron chi connectivity index (χ2n) is 12.5. The van der Waals surface area contributed by atoms with Gasteiger partial charge in [0.2, 0.25) is 0 Å². The maximum absolute atomic E-state index is 13.8. The maximum Gasteiger partial charge on any atom is 0.345 e. The van der Waals surface area contributed by atoms with Gasteiger partial charge in [-0.3, -0.25) is 14.1 Å². The van der Waals surface area contributed by atoms with Crippen molar-refractivity contribution in [1.29, 1.82) is 0 Å². The molecule has 9 nitrogen and oxygen atoms in total. The summed E-state index contributed by atoms with van der Waals surface area (Å²) in [6.45, 7) is 2.41. The Morgan fingerprint density at radius 2 is 1.57 bits per heavy atom. The molecule has 2 N–H and O–H groups in total. The summed E-state index contributed by atoms with van der Waals surface area (Å²) in [4.78, 5) is 42.5. The lowest BCUT2D eigenvalue weighted by Gasteiger charge is -2.42. The van der Waals surface area contributed by atoms with Crippen molar-refractivity contribution in [3.63, 3.8) is 0 Å². The zero-order chi connectivity index (χ0) is 32.4. The van der Waals surface area contributed by atoms with Crippen LogP contribution in [-0.2, 0) is 13.5 Å². The fraction of sp³-hybridized carbons (Fsp3) is 0.324. The lowest BCUT2D eigenvalue weighted by molar-refractivity contribution is -0.835. The number of nitrogens with zero attached hydrogens (tertiary/aromatic N) is 2. The summed E-state index contributed by atoms with van der Waals surface area (Å²) in [6.07, 6.45) is 6.13. The van der Waals surface area contributed by atoms with Gasteiger partial charge in [0, 0.05) is 25.9 Å². The Labute approximate surface area is 268 Å². The number of aromatic nitrogens is 2. The number of aromatic amines is 1. The summed E-state index contributed by atoms with van der Waals surface area (Å²) in [5.41, 5.74) is 4.08. The molecule has 1 unspecified atom stereocenters. The van der Waals surface area contributed by atoms with Gasteiger partial charge in [0.15, 0.2) is 11.5 Å². The van der Waals surface area contributed by atoms with Crippen molar-refractivity contribution in [2.75, 3.05) is 40.9 Å². The lowest BCUT2D eigenvalue weighted by atomic mass is 9.80. The molecule has 1 fully saturated rings. The number of quaternary nitrogens is 1. The zero-order valence-corrected chi connectivity index (χ0v) is 26.8. The van der Waals surface area contributed by atoms with Crippen LogP contribution in [0.3, 0.4) is 0 Å². The van der Waals surface area contributed by atoms with Gasteiger partial charge in [0.1, 0.15) is 10.7 Å². The fourth-order valence-electron chi connectivity index (χ4n) is 6.88. The maximum atomic E-state index is 13.8. The third kappa shape index (κ3) is 6.08. The van der Waals surface area contributed by atoms with Gasteiger partial charge in [-0.25, -0.2) is 4.79 Å². The van der Waals surface area contributed by atoms with Gasteiger partial charge in [-0.05, 0) is 77.6 Å². The number of methoxy groups -OCH3 is 2. The molecule has 1 atom stereocenters. The molecule has 2 aliphatic heterocycles. The first-order valence-electron chi connectivity index (χ1n) is 15.8. The number of H-pyrrole nitrogens is 1. The molecule has 9 heteroatoms. The van der Waals surface area contributed by atoms with Crippen molar-refractivity contribution in [2.24, 2.45) is 13.0 Å². The predicted molar refractivity (Wildman–Crippen MR) is 179 cm³/mol. The summed E-state index contributed by atoms with van der Waals surface area (Å²) in [5.74, 6) is 2.00. The van der Waals surface area contributed by atoms with Gasteiger partial charge in [-0.15, -0.1) is 0 Å². The van der Waals surface area contributed by atoms with Crippen LogP contribution in [0.5, 0.6) is 11.5 Å². The van der Waals surface area contributed by atoms with E-state index >= 15 is 0 Å². The van der Waals surface area contributed by atoms with Crippen molar-refractivity contribution in [3.8, 4) is 11.5 Å². The largest absolute Gasteiger partial charge is 0.493 e. The summed E-state index contributed by atoms with van der Waals surface area (Å²) in [7, 11) is 6.95. The van der Waals surface area contributed by atoms with Crippen molar-refractivity contribution >= 4 is 18.1 Å². The summed E-state index contributed by atoms with van der Waals surface area (Å²) < 4.78 is 12.8. The minimum Gasteiger partial charge on any atom is -0.493 e. The van der Waals surface area contributed by atoms with Crippen LogP contribution in [-0.4, -0.2) is 60.8 Å². The Morgan fingerprint density at radius 1 is 0.913 bits per heavy atom. The molecule has 238 valence electrons. The van der Waals surface area contributed by atoms with E-state index in [4.69, 9.17) is 9.47 Å². The molecule has 1 amide bonds. The predicted octanol–water partition coefficient (Wildman–Crippen LogP) is 2.63. The fourth-order valence-corrected chi connectivity index (χ4v) is 6.88. The highest BCUT2D eigenvalue weighted by Gasteiger charge is 2.41. The molecule has 3 heterocycles. The Hall–Kier alpha value is -4.73. The van der Waals surface area contributed by atoms with Crippen LogP contribution < -0.4 is 36.6 Å². The monoisotopic (exact) mass is 621 g/mol. The van der Waals surface area contributed by atoms with Gasteiger partial charge in [-0.2, -0.15) is 0 Å². The van der Waals surface area contributed by atoms with Crippen LogP contribution in [0.2, 0.25) is 0 Å². The number of amides is 1. The number of benzene rings is 3. The van der Waals surface area contributed by atoms with E-state index in [1.54, 1.807) is 33.4 Å². The van der Waals surface area contributed by atoms with Gasteiger partial charge < -0.3 is 24.3 Å². The van der Waals surface area contributed by atoms with Gasteiger partial charge in [0.25, 0.3) is 11.1 Å². The van der Waals surface area contributed by atoms with E-state index in [0.717, 1.165) is 61.5 Å². The minimum absolute atomic E-state index is 0.0820. The summed E-state index contributed by atoms with van der Waals surface area (Å²) in [6, 6.07) is 21.1. The first-order chi connectivity index (χ1) is 22.2. The standard InChI is InChI=1S/C37H40N4O5/c1-40-31(21-24-8-6-5-7-9-24)35(42)39-30(36(40)43)20-25-10-12-27(13-11-25)37(44)41(2)18-15-26(16-19-41)34-29-23-33(46-4)32(45-3)22-28(29)14-17-38-34/h5-13,20-23,26,34,38H,14-19H2,1-4H3/p+1. The van der Waals surface area contributed by atoms with Crippen LogP contribution in [0.4, 0.5) is 0 Å². The van der Waals surface area contributed by atoms with Crippen molar-refractivity contribution in [3.05, 3.63) is 126 Å². The molecular weight excluding hydrogens is 580 g/mol. The molecule has 0 bridgehead atoms. The number of nitrogens with one attached hydrogen (secondary N) is 2. The van der Waals surface area contributed by atoms with Crippen molar-refractivity contribution in [1.82, 2.24) is 14.9 Å². The molecule has 0 aliphatic carbocycles. The molecule has 0 saturated carbocycles. The van der Waals surface area contributed by atoms with Gasteiger partial charge in [0.05, 0.1) is 39.9 Å². The van der Waals surface area contributed by atoms with E-state index in [1.807, 2.05) is 61.6 Å². The Bertz CT molecular complexity index is 1990. The molecule has 1 saturated heterocycles. The zero-order valence-electron chi connectivity index (χ0n) is 26.8. The van der Waals surface area contributed by atoms with E-state index in [-0.39, 0.29) is 33.8 Å². The quantitative estimate of drug-likeness (QED) is 0.321. The summed E-state index contributed by atoms with van der Waals surface area (Å²) >= 11 is 0. The molecular formula is C37H41N4O5+. The van der Waals surface area contributed by atoms with E-state index in [1.165, 1.54) is 15.7 Å². The first-order valence-corrected chi connectivity index (χ1v) is 15.8. The number of carbonyl (C=O) groups is 1. The summed E-state index contributed by atoms with van der Waals surface area (Å²) in [5, 5.41) is 4.20. The van der Waals surface area contributed by atoms with Crippen molar-refractivity contribution in [2.45, 2.75) is 25.3 Å². The van der Waals surface area contributed by atoms with Crippen LogP contribution in [0.1, 0.15) is 51.5 Å². The number of hydrogen-bond acceptors (Lipinski definition) is 6. The number of hydrogen-bond donors (Lipinski definition) is 2. The van der Waals surface area contributed by atoms with Crippen LogP contribution in [0, 0.1) is 5.92 Å². The average molecular weight is 622 g/mol. The number of likely N-dealkylation sites (tertiary alicyclic amines) is 1. The Kier molecular flexibility index (Phi) is 8.80. The second-order valence-corrected chi connectivity index (χ2v) is 12.5. The number of ether oxygens (including phenoxy) is 2. The highest BCUT2D eigenvalue weighted by molar-refractivity contribution is 5.89. The number of fused-ring (bicyclic) bond motifs is 1. The molecule has 46 heavy (non-hydrogen) atoms. The second kappa shape index (κ2) is 12.9. The normalized spacial score (nSPS) is 21.9. The molecule has 3 aromatic carbocycles. The third-order valence-electron chi connectivity index (χ3n) is 9.64. The van der Waals surface area contributed by atoms with Crippen molar-refractivity contribution < 1.29 is 18.8 Å². The van der Waals surface area contributed by atoms with E-state index in [9.17, 15) is 14.4 Å². The lowest BCUT2D eigenvalue weighted by Crippen LogP contribution is -2.55. The highest BCUT2D eigenvalue weighted by atomic mass is 16.5. The molecule has 0 spiro atoms. The van der Waals surface area contributed by atoms with Gasteiger partial charge in [-0.1, -0.05) is 42.5 Å². The van der Waals surface area contributed by atoms with E-state index < -0.39 is 0 Å². The van der Waals surface area contributed by atoms with E-state index in [2.05, 4.69) is 22.4 Å². The van der Waals surface area contributed by atoms with Gasteiger partial charge >= 0.3 is 5.91 Å².